The van der Waals surface area contributed by atoms with Gasteiger partial charge in [0.2, 0.25) is 5.91 Å². The van der Waals surface area contributed by atoms with Crippen LogP contribution in [0.4, 0.5) is 0 Å². The minimum atomic E-state index is -0.397. The predicted octanol–water partition coefficient (Wildman–Crippen LogP) is 1.84. The highest BCUT2D eigenvalue weighted by molar-refractivity contribution is 8.93. The molecule has 0 saturated carbocycles. The molecule has 3 nitrogen and oxygen atoms in total. The number of carbonyl (C=O) groups excluding carboxylic acids is 1. The van der Waals surface area contributed by atoms with Gasteiger partial charge in [0, 0.05) is 17.3 Å². The summed E-state index contributed by atoms with van der Waals surface area (Å²) in [5, 5.41) is 1.08. The summed E-state index contributed by atoms with van der Waals surface area (Å²) in [6.07, 6.45) is 1.83. The van der Waals surface area contributed by atoms with Gasteiger partial charge in [0.1, 0.15) is 0 Å². The monoisotopic (exact) mass is 240 g/mol. The number of fused-ring (bicyclic) bond motifs is 1. The van der Waals surface area contributed by atoms with Crippen molar-refractivity contribution in [1.82, 2.24) is 4.98 Å². The minimum Gasteiger partial charge on any atom is -0.366 e. The van der Waals surface area contributed by atoms with Crippen molar-refractivity contribution in [2.45, 2.75) is 0 Å². The number of nitrogens with one attached hydrogen (secondary N) is 1. The number of amides is 1. The molecule has 0 atom stereocenters. The van der Waals surface area contributed by atoms with Crippen LogP contribution >= 0.6 is 17.0 Å². The quantitative estimate of drug-likeness (QED) is 0.786. The van der Waals surface area contributed by atoms with Gasteiger partial charge in [0.25, 0.3) is 0 Å². The molecule has 0 unspecified atom stereocenters. The number of nitrogens with two attached hydrogens (primary N) is 1. The molecule has 1 heterocycles. The third-order valence-corrected chi connectivity index (χ3v) is 1.84. The van der Waals surface area contributed by atoms with Crippen molar-refractivity contribution in [2.75, 3.05) is 0 Å². The first-order valence-corrected chi connectivity index (χ1v) is 3.64. The van der Waals surface area contributed by atoms with Gasteiger partial charge in [-0.15, -0.1) is 17.0 Å². The lowest BCUT2D eigenvalue weighted by Crippen LogP contribution is -2.10. The Kier molecular flexibility index (Phi) is 2.72. The number of aromatic amines is 1. The van der Waals surface area contributed by atoms with E-state index in [1.54, 1.807) is 12.1 Å². The number of carbonyl (C=O) groups is 1. The van der Waals surface area contributed by atoms with Gasteiger partial charge in [-0.05, 0) is 23.6 Å². The SMILES string of the molecule is Br.NC(=O)c1ccc2cc[nH]c2c1. The highest BCUT2D eigenvalue weighted by Gasteiger charge is 2.00. The number of primary amides is 1. The van der Waals surface area contributed by atoms with E-state index in [0.29, 0.717) is 5.56 Å². The molecule has 0 aliphatic rings. The highest BCUT2D eigenvalue weighted by Crippen LogP contribution is 2.13. The molecular weight excluding hydrogens is 232 g/mol. The van der Waals surface area contributed by atoms with Crippen LogP contribution in [-0.2, 0) is 0 Å². The Morgan fingerprint density at radius 2 is 2.08 bits per heavy atom. The topological polar surface area (TPSA) is 58.9 Å². The van der Waals surface area contributed by atoms with Crippen LogP contribution in [0, 0.1) is 0 Å². The van der Waals surface area contributed by atoms with Crippen molar-refractivity contribution in [3.05, 3.63) is 36.0 Å². The Balaban J connectivity index is 0.000000845. The summed E-state index contributed by atoms with van der Waals surface area (Å²) in [7, 11) is 0. The molecular formula is C9H9BrN2O. The molecule has 1 amide bonds. The molecule has 0 bridgehead atoms. The zero-order chi connectivity index (χ0) is 8.55. The molecule has 1 aromatic heterocycles. The summed E-state index contributed by atoms with van der Waals surface area (Å²) in [4.78, 5) is 13.8. The van der Waals surface area contributed by atoms with Gasteiger partial charge in [-0.1, -0.05) is 6.07 Å². The van der Waals surface area contributed by atoms with Crippen molar-refractivity contribution < 1.29 is 4.79 Å². The lowest BCUT2D eigenvalue weighted by atomic mass is 10.1. The first-order valence-electron chi connectivity index (χ1n) is 3.64. The van der Waals surface area contributed by atoms with Gasteiger partial charge in [-0.2, -0.15) is 0 Å². The number of aromatic nitrogens is 1. The molecule has 0 aliphatic heterocycles. The van der Waals surface area contributed by atoms with E-state index in [9.17, 15) is 4.79 Å². The number of halogens is 1. The molecule has 13 heavy (non-hydrogen) atoms. The van der Waals surface area contributed by atoms with Gasteiger partial charge in [-0.3, -0.25) is 4.79 Å². The number of rotatable bonds is 1. The molecule has 0 saturated heterocycles. The summed E-state index contributed by atoms with van der Waals surface area (Å²) in [6, 6.07) is 7.28. The van der Waals surface area contributed by atoms with Gasteiger partial charge in [0.05, 0.1) is 0 Å². The molecule has 0 spiro atoms. The summed E-state index contributed by atoms with van der Waals surface area (Å²) in [5.74, 6) is -0.397. The van der Waals surface area contributed by atoms with Crippen LogP contribution in [0.5, 0.6) is 0 Å². The van der Waals surface area contributed by atoms with Gasteiger partial charge in [-0.25, -0.2) is 0 Å². The molecule has 0 radical (unpaired) electrons. The van der Waals surface area contributed by atoms with E-state index in [1.165, 1.54) is 0 Å². The Hall–Kier alpha value is -1.29. The van der Waals surface area contributed by atoms with Crippen LogP contribution in [0.1, 0.15) is 10.4 Å². The second kappa shape index (κ2) is 3.62. The smallest absolute Gasteiger partial charge is 0.248 e. The van der Waals surface area contributed by atoms with Gasteiger partial charge in [0.15, 0.2) is 0 Å². The van der Waals surface area contributed by atoms with E-state index in [1.807, 2.05) is 18.3 Å². The average molecular weight is 241 g/mol. The molecule has 1 aromatic carbocycles. The number of benzene rings is 1. The molecule has 0 aliphatic carbocycles. The lowest BCUT2D eigenvalue weighted by molar-refractivity contribution is 0.100. The summed E-state index contributed by atoms with van der Waals surface area (Å²) in [6.45, 7) is 0. The van der Waals surface area contributed by atoms with E-state index in [4.69, 9.17) is 5.73 Å². The zero-order valence-electron chi connectivity index (χ0n) is 6.78. The molecule has 0 fully saturated rings. The maximum atomic E-state index is 10.8. The highest BCUT2D eigenvalue weighted by atomic mass is 79.9. The van der Waals surface area contributed by atoms with Crippen LogP contribution in [0.25, 0.3) is 10.9 Å². The van der Waals surface area contributed by atoms with E-state index in [-0.39, 0.29) is 17.0 Å². The molecule has 3 N–H and O–H groups in total. The van der Waals surface area contributed by atoms with Crippen LogP contribution in [0.15, 0.2) is 30.5 Å². The Labute approximate surface area is 85.7 Å². The fourth-order valence-electron chi connectivity index (χ4n) is 1.20. The number of hydrogen-bond donors (Lipinski definition) is 2. The maximum Gasteiger partial charge on any atom is 0.248 e. The van der Waals surface area contributed by atoms with Crippen molar-refractivity contribution in [2.24, 2.45) is 5.73 Å². The largest absolute Gasteiger partial charge is 0.366 e. The summed E-state index contributed by atoms with van der Waals surface area (Å²) < 4.78 is 0. The standard InChI is InChI=1S/C9H8N2O.BrH/c10-9(12)7-2-1-6-3-4-11-8(6)5-7;/h1-5,11H,(H2,10,12);1H. The Bertz CT molecular complexity index is 436. The molecule has 68 valence electrons. The maximum absolute atomic E-state index is 10.8. The first kappa shape index (κ1) is 9.80. The fraction of sp³-hybridized carbons (Fsp3) is 0. The summed E-state index contributed by atoms with van der Waals surface area (Å²) >= 11 is 0. The van der Waals surface area contributed by atoms with Crippen molar-refractivity contribution in [3.8, 4) is 0 Å². The molecule has 2 rings (SSSR count). The van der Waals surface area contributed by atoms with Crippen molar-refractivity contribution in [1.29, 1.82) is 0 Å². The van der Waals surface area contributed by atoms with Crippen LogP contribution < -0.4 is 5.73 Å². The normalized spacial score (nSPS) is 9.54. The first-order chi connectivity index (χ1) is 5.77. The second-order valence-electron chi connectivity index (χ2n) is 2.64. The fourth-order valence-corrected chi connectivity index (χ4v) is 1.20. The van der Waals surface area contributed by atoms with E-state index >= 15 is 0 Å². The summed E-state index contributed by atoms with van der Waals surface area (Å²) in [5.41, 5.74) is 6.59. The molecule has 4 heteroatoms. The van der Waals surface area contributed by atoms with E-state index in [2.05, 4.69) is 4.98 Å². The van der Waals surface area contributed by atoms with Crippen LogP contribution in [0.3, 0.4) is 0 Å². The predicted molar refractivity (Wildman–Crippen MR) is 57.1 cm³/mol. The van der Waals surface area contributed by atoms with Gasteiger partial charge < -0.3 is 10.7 Å². The van der Waals surface area contributed by atoms with Gasteiger partial charge >= 0.3 is 0 Å². The minimum absolute atomic E-state index is 0. The van der Waals surface area contributed by atoms with Crippen LogP contribution in [-0.4, -0.2) is 10.9 Å². The third kappa shape index (κ3) is 1.72. The second-order valence-corrected chi connectivity index (χ2v) is 2.64. The zero-order valence-corrected chi connectivity index (χ0v) is 8.49. The Morgan fingerprint density at radius 3 is 2.77 bits per heavy atom. The van der Waals surface area contributed by atoms with Crippen molar-refractivity contribution >= 4 is 33.8 Å². The Morgan fingerprint density at radius 1 is 1.31 bits per heavy atom. The average Bonchev–Trinajstić information content (AvgIpc) is 2.49. The number of H-pyrrole nitrogens is 1. The van der Waals surface area contributed by atoms with Crippen molar-refractivity contribution in [3.63, 3.8) is 0 Å². The number of hydrogen-bond acceptors (Lipinski definition) is 1. The van der Waals surface area contributed by atoms with E-state index in [0.717, 1.165) is 10.9 Å². The van der Waals surface area contributed by atoms with Crippen LogP contribution in [0.2, 0.25) is 0 Å². The molecule has 2 aromatic rings. The third-order valence-electron chi connectivity index (χ3n) is 1.84. The van der Waals surface area contributed by atoms with E-state index < -0.39 is 5.91 Å². The lowest BCUT2D eigenvalue weighted by Gasteiger charge is -1.94.